The third kappa shape index (κ3) is 4.45. The molecular weight excluding hydrogens is 168 g/mol. The molecule has 0 heterocycles. The van der Waals surface area contributed by atoms with Crippen LogP contribution in [-0.4, -0.2) is 22.1 Å². The van der Waals surface area contributed by atoms with Crippen LogP contribution >= 0.6 is 0 Å². The van der Waals surface area contributed by atoms with Crippen molar-refractivity contribution in [2.24, 2.45) is 21.1 Å². The first-order valence-electron chi connectivity index (χ1n) is 4.11. The van der Waals surface area contributed by atoms with Gasteiger partial charge in [-0.15, -0.1) is 0 Å². The van der Waals surface area contributed by atoms with E-state index in [4.69, 9.17) is 10.9 Å². The van der Waals surface area contributed by atoms with Gasteiger partial charge < -0.3 is 10.9 Å². The van der Waals surface area contributed by atoms with Crippen molar-refractivity contribution in [3.63, 3.8) is 0 Å². The predicted octanol–water partition coefficient (Wildman–Crippen LogP) is 1.76. The number of hydrogen-bond donors (Lipinski definition) is 2. The first-order valence-corrected chi connectivity index (χ1v) is 4.11. The van der Waals surface area contributed by atoms with Gasteiger partial charge in [0.15, 0.2) is 5.84 Å². The molecule has 0 bridgehead atoms. The van der Waals surface area contributed by atoms with Gasteiger partial charge in [-0.25, -0.2) is 0 Å². The fourth-order valence-electron chi connectivity index (χ4n) is 0.449. The molecule has 0 unspecified atom stereocenters. The molecule has 5 heteroatoms. The van der Waals surface area contributed by atoms with Gasteiger partial charge in [0.05, 0.1) is 5.54 Å². The number of nitrogens with zero attached hydrogens (tertiary/aromatic N) is 3. The summed E-state index contributed by atoms with van der Waals surface area (Å²) in [6.07, 6.45) is 0. The summed E-state index contributed by atoms with van der Waals surface area (Å²) >= 11 is 0. The summed E-state index contributed by atoms with van der Waals surface area (Å²) in [5.74, 6) is 0.0560. The van der Waals surface area contributed by atoms with Crippen LogP contribution in [0.15, 0.2) is 15.4 Å². The Hall–Kier alpha value is -1.13. The zero-order valence-corrected chi connectivity index (χ0v) is 8.87. The van der Waals surface area contributed by atoms with E-state index in [-0.39, 0.29) is 11.4 Å². The van der Waals surface area contributed by atoms with Crippen LogP contribution in [0.1, 0.15) is 34.6 Å². The molecule has 0 aromatic carbocycles. The quantitative estimate of drug-likeness (QED) is 0.226. The number of azo groups is 1. The second kappa shape index (κ2) is 3.72. The van der Waals surface area contributed by atoms with Crippen LogP contribution < -0.4 is 5.73 Å². The van der Waals surface area contributed by atoms with Crippen molar-refractivity contribution < 1.29 is 5.21 Å². The Morgan fingerprint density at radius 1 is 1.08 bits per heavy atom. The summed E-state index contributed by atoms with van der Waals surface area (Å²) in [5.41, 5.74) is 4.44. The van der Waals surface area contributed by atoms with Crippen molar-refractivity contribution in [3.8, 4) is 0 Å². The lowest BCUT2D eigenvalue weighted by Gasteiger charge is -2.18. The maximum absolute atomic E-state index is 8.46. The van der Waals surface area contributed by atoms with Gasteiger partial charge in [0.2, 0.25) is 0 Å². The first kappa shape index (κ1) is 11.9. The molecule has 13 heavy (non-hydrogen) atoms. The topological polar surface area (TPSA) is 83.3 Å². The lowest BCUT2D eigenvalue weighted by atomic mass is 10.1. The van der Waals surface area contributed by atoms with E-state index in [9.17, 15) is 0 Å². The Balaban J connectivity index is 4.61. The van der Waals surface area contributed by atoms with Crippen LogP contribution in [0.2, 0.25) is 0 Å². The van der Waals surface area contributed by atoms with E-state index in [0.29, 0.717) is 0 Å². The van der Waals surface area contributed by atoms with Gasteiger partial charge in [0, 0.05) is 0 Å². The average molecular weight is 186 g/mol. The van der Waals surface area contributed by atoms with Gasteiger partial charge in [-0.3, -0.25) is 0 Å². The van der Waals surface area contributed by atoms with Crippen molar-refractivity contribution in [1.82, 2.24) is 0 Å². The normalized spacial score (nSPS) is 15.3. The zero-order valence-electron chi connectivity index (χ0n) is 8.87. The predicted molar refractivity (Wildman–Crippen MR) is 52.1 cm³/mol. The minimum atomic E-state index is -0.748. The van der Waals surface area contributed by atoms with Gasteiger partial charge in [0.1, 0.15) is 5.54 Å². The van der Waals surface area contributed by atoms with Crippen molar-refractivity contribution in [2.75, 3.05) is 0 Å². The highest BCUT2D eigenvalue weighted by atomic mass is 16.4. The Bertz CT molecular complexity index is 225. The number of oxime groups is 1. The van der Waals surface area contributed by atoms with Crippen LogP contribution in [0.25, 0.3) is 0 Å². The van der Waals surface area contributed by atoms with Crippen LogP contribution in [0.4, 0.5) is 0 Å². The number of nitrogens with two attached hydrogens (primary N) is 1. The maximum atomic E-state index is 8.46. The Kier molecular flexibility index (Phi) is 3.40. The van der Waals surface area contributed by atoms with Crippen LogP contribution in [0, 0.1) is 0 Å². The molecule has 0 spiro atoms. The summed E-state index contributed by atoms with van der Waals surface area (Å²) in [7, 11) is 0. The third-order valence-electron chi connectivity index (χ3n) is 1.33. The second-order valence-electron chi connectivity index (χ2n) is 4.42. The van der Waals surface area contributed by atoms with Crippen molar-refractivity contribution in [3.05, 3.63) is 0 Å². The van der Waals surface area contributed by atoms with Gasteiger partial charge in [0.25, 0.3) is 0 Å². The highest BCUT2D eigenvalue weighted by Gasteiger charge is 2.23. The van der Waals surface area contributed by atoms with E-state index in [1.54, 1.807) is 13.8 Å². The van der Waals surface area contributed by atoms with Gasteiger partial charge in [-0.05, 0) is 34.6 Å². The standard InChI is InChI=1S/C8H18N4O/c1-7(2,3)11-12-8(4,5)6(9)10-13/h13H,1-5H3,(H2,9,10). The van der Waals surface area contributed by atoms with Crippen molar-refractivity contribution >= 4 is 5.84 Å². The van der Waals surface area contributed by atoms with E-state index in [1.165, 1.54) is 0 Å². The van der Waals surface area contributed by atoms with E-state index < -0.39 is 5.54 Å². The minimum Gasteiger partial charge on any atom is -0.409 e. The van der Waals surface area contributed by atoms with Crippen molar-refractivity contribution in [2.45, 2.75) is 45.7 Å². The molecule has 0 aromatic rings. The number of amidine groups is 1. The summed E-state index contributed by atoms with van der Waals surface area (Å²) in [6, 6.07) is 0. The SMILES string of the molecule is CC(C)(C)N=NC(C)(C)C(N)=NO. The van der Waals surface area contributed by atoms with E-state index in [2.05, 4.69) is 15.4 Å². The van der Waals surface area contributed by atoms with E-state index in [0.717, 1.165) is 0 Å². The molecule has 0 rings (SSSR count). The lowest BCUT2D eigenvalue weighted by Crippen LogP contribution is -2.36. The summed E-state index contributed by atoms with van der Waals surface area (Å²) < 4.78 is 0. The monoisotopic (exact) mass is 186 g/mol. The largest absolute Gasteiger partial charge is 0.409 e. The molecule has 0 saturated heterocycles. The third-order valence-corrected chi connectivity index (χ3v) is 1.33. The molecule has 0 aliphatic carbocycles. The highest BCUT2D eigenvalue weighted by Crippen LogP contribution is 2.14. The molecule has 0 aliphatic rings. The Labute approximate surface area is 78.7 Å². The molecule has 0 aromatic heterocycles. The average Bonchev–Trinajstić information content (AvgIpc) is 1.98. The summed E-state index contributed by atoms with van der Waals surface area (Å²) in [5, 5.41) is 19.4. The zero-order chi connectivity index (χ0) is 10.7. The molecule has 76 valence electrons. The van der Waals surface area contributed by atoms with E-state index in [1.807, 2.05) is 20.8 Å². The van der Waals surface area contributed by atoms with Crippen LogP contribution in [0.5, 0.6) is 0 Å². The highest BCUT2D eigenvalue weighted by molar-refractivity contribution is 5.88. The number of rotatable bonds is 2. The minimum absolute atomic E-state index is 0.0560. The summed E-state index contributed by atoms with van der Waals surface area (Å²) in [4.78, 5) is 0. The molecule has 0 amide bonds. The van der Waals surface area contributed by atoms with Crippen LogP contribution in [0.3, 0.4) is 0 Å². The lowest BCUT2D eigenvalue weighted by molar-refractivity contribution is 0.312. The maximum Gasteiger partial charge on any atom is 0.168 e. The molecule has 3 N–H and O–H groups in total. The van der Waals surface area contributed by atoms with E-state index >= 15 is 0 Å². The molecule has 0 saturated carbocycles. The summed E-state index contributed by atoms with van der Waals surface area (Å²) in [6.45, 7) is 9.26. The van der Waals surface area contributed by atoms with Crippen LogP contribution in [-0.2, 0) is 0 Å². The van der Waals surface area contributed by atoms with Gasteiger partial charge >= 0.3 is 0 Å². The molecule has 0 aliphatic heterocycles. The first-order chi connectivity index (χ1) is 5.69. The molecule has 0 atom stereocenters. The number of hydrogen-bond acceptors (Lipinski definition) is 4. The Morgan fingerprint density at radius 2 is 1.54 bits per heavy atom. The van der Waals surface area contributed by atoms with Gasteiger partial charge in [-0.1, -0.05) is 5.16 Å². The fraction of sp³-hybridized carbons (Fsp3) is 0.875. The Morgan fingerprint density at radius 3 is 1.85 bits per heavy atom. The second-order valence-corrected chi connectivity index (χ2v) is 4.42. The molecule has 0 radical (unpaired) electrons. The van der Waals surface area contributed by atoms with Gasteiger partial charge in [-0.2, -0.15) is 10.2 Å². The van der Waals surface area contributed by atoms with Crippen molar-refractivity contribution in [1.29, 1.82) is 0 Å². The fourth-order valence-corrected chi connectivity index (χ4v) is 0.449. The molecule has 0 fully saturated rings. The molecular formula is C8H18N4O. The molecule has 5 nitrogen and oxygen atoms in total. The smallest absolute Gasteiger partial charge is 0.168 e.